The highest BCUT2D eigenvalue weighted by Crippen LogP contribution is 2.25. The molecule has 1 heterocycles. The fraction of sp³-hybridized carbons (Fsp3) is 0.250. The number of halogens is 1. The number of benzene rings is 1. The minimum Gasteiger partial charge on any atom is -0.288 e. The van der Waals surface area contributed by atoms with Gasteiger partial charge in [-0.05, 0) is 29.6 Å². The maximum Gasteiger partial charge on any atom is 0.208 e. The van der Waals surface area contributed by atoms with E-state index in [1.165, 1.54) is 0 Å². The molecule has 0 bridgehead atoms. The summed E-state index contributed by atoms with van der Waals surface area (Å²) < 4.78 is 3.85. The van der Waals surface area contributed by atoms with E-state index in [4.69, 9.17) is 11.6 Å². The van der Waals surface area contributed by atoms with Crippen molar-refractivity contribution in [2.75, 3.05) is 0 Å². The summed E-state index contributed by atoms with van der Waals surface area (Å²) in [6, 6.07) is 7.02. The lowest BCUT2D eigenvalue weighted by molar-refractivity contribution is 0.104. The Balaban J connectivity index is 2.45. The largest absolute Gasteiger partial charge is 0.288 e. The van der Waals surface area contributed by atoms with Gasteiger partial charge >= 0.3 is 0 Å². The molecular weight excluding hydrogens is 256 g/mol. The first-order valence-corrected chi connectivity index (χ1v) is 6.38. The minimum absolute atomic E-state index is 0.102. The Morgan fingerprint density at radius 1 is 1.35 bits per heavy atom. The van der Waals surface area contributed by atoms with Crippen molar-refractivity contribution in [3.05, 3.63) is 45.4 Å². The van der Waals surface area contributed by atoms with Crippen molar-refractivity contribution in [2.45, 2.75) is 19.8 Å². The molecule has 0 saturated carbocycles. The number of rotatable bonds is 3. The zero-order chi connectivity index (χ0) is 12.4. The summed E-state index contributed by atoms with van der Waals surface area (Å²) in [5, 5.41) is 4.46. The average Bonchev–Trinajstić information content (AvgIpc) is 2.77. The van der Waals surface area contributed by atoms with Crippen LogP contribution >= 0.6 is 23.1 Å². The molecule has 0 fully saturated rings. The van der Waals surface area contributed by atoms with Gasteiger partial charge in [0.15, 0.2) is 0 Å². The maximum absolute atomic E-state index is 12.3. The molecule has 0 N–H and O–H groups in total. The van der Waals surface area contributed by atoms with Crippen molar-refractivity contribution in [3.8, 4) is 0 Å². The Bertz CT molecular complexity index is 551. The monoisotopic (exact) mass is 266 g/mol. The van der Waals surface area contributed by atoms with Crippen LogP contribution in [-0.2, 0) is 0 Å². The lowest BCUT2D eigenvalue weighted by Gasteiger charge is -2.04. The van der Waals surface area contributed by atoms with Crippen LogP contribution in [-0.4, -0.2) is 15.4 Å². The molecule has 2 rings (SSSR count). The second-order valence-corrected chi connectivity index (χ2v) is 5.11. The number of hydrogen-bond donors (Lipinski definition) is 0. The van der Waals surface area contributed by atoms with E-state index in [0.29, 0.717) is 15.5 Å². The van der Waals surface area contributed by atoms with Crippen LogP contribution in [0.5, 0.6) is 0 Å². The summed E-state index contributed by atoms with van der Waals surface area (Å²) in [7, 11) is 0. The Labute approximate surface area is 109 Å². The standard InChI is InChI=1S/C12H11ClN2OS/c1-7(2)10-12(17-15-14-10)11(16)8-5-3-4-6-9(8)13/h3-7H,1-2H3. The Morgan fingerprint density at radius 3 is 2.71 bits per heavy atom. The Hall–Kier alpha value is -1.26. The van der Waals surface area contributed by atoms with Crippen LogP contribution in [0.1, 0.15) is 40.7 Å². The van der Waals surface area contributed by atoms with E-state index in [-0.39, 0.29) is 11.7 Å². The van der Waals surface area contributed by atoms with Gasteiger partial charge in [0, 0.05) is 5.56 Å². The molecule has 2 aromatic rings. The highest BCUT2D eigenvalue weighted by atomic mass is 35.5. The van der Waals surface area contributed by atoms with Crippen LogP contribution in [0.2, 0.25) is 5.02 Å². The molecule has 0 aliphatic carbocycles. The summed E-state index contributed by atoms with van der Waals surface area (Å²) in [4.78, 5) is 12.9. The van der Waals surface area contributed by atoms with Crippen LogP contribution in [0.3, 0.4) is 0 Å². The van der Waals surface area contributed by atoms with Crippen LogP contribution in [0.25, 0.3) is 0 Å². The molecule has 17 heavy (non-hydrogen) atoms. The first-order chi connectivity index (χ1) is 8.11. The third-order valence-electron chi connectivity index (χ3n) is 2.38. The first kappa shape index (κ1) is 12.2. The Kier molecular flexibility index (Phi) is 3.54. The van der Waals surface area contributed by atoms with Gasteiger partial charge in [0.1, 0.15) is 4.88 Å². The van der Waals surface area contributed by atoms with Gasteiger partial charge in [-0.3, -0.25) is 4.79 Å². The van der Waals surface area contributed by atoms with Crippen molar-refractivity contribution in [2.24, 2.45) is 0 Å². The van der Waals surface area contributed by atoms with Crippen LogP contribution in [0.4, 0.5) is 0 Å². The van der Waals surface area contributed by atoms with Crippen molar-refractivity contribution in [1.29, 1.82) is 0 Å². The minimum atomic E-state index is -0.102. The van der Waals surface area contributed by atoms with Gasteiger partial charge in [0.2, 0.25) is 5.78 Å². The fourth-order valence-electron chi connectivity index (χ4n) is 1.50. The molecular formula is C12H11ClN2OS. The van der Waals surface area contributed by atoms with E-state index in [1.807, 2.05) is 13.8 Å². The molecule has 3 nitrogen and oxygen atoms in total. The molecule has 88 valence electrons. The molecule has 0 spiro atoms. The number of nitrogens with zero attached hydrogens (tertiary/aromatic N) is 2. The topological polar surface area (TPSA) is 42.9 Å². The third-order valence-corrected chi connectivity index (χ3v) is 3.45. The molecule has 0 atom stereocenters. The van der Waals surface area contributed by atoms with E-state index in [1.54, 1.807) is 24.3 Å². The van der Waals surface area contributed by atoms with Gasteiger partial charge in [-0.15, -0.1) is 5.10 Å². The second kappa shape index (κ2) is 4.94. The summed E-state index contributed by atoms with van der Waals surface area (Å²) in [5.41, 5.74) is 1.24. The summed E-state index contributed by atoms with van der Waals surface area (Å²) >= 11 is 7.13. The van der Waals surface area contributed by atoms with Gasteiger partial charge in [-0.2, -0.15) is 0 Å². The third kappa shape index (κ3) is 2.37. The van der Waals surface area contributed by atoms with Crippen molar-refractivity contribution in [3.63, 3.8) is 0 Å². The smallest absolute Gasteiger partial charge is 0.208 e. The fourth-order valence-corrected chi connectivity index (χ4v) is 2.50. The number of carbonyl (C=O) groups is 1. The quantitative estimate of drug-likeness (QED) is 0.798. The van der Waals surface area contributed by atoms with E-state index in [9.17, 15) is 4.79 Å². The van der Waals surface area contributed by atoms with Crippen molar-refractivity contribution in [1.82, 2.24) is 9.59 Å². The van der Waals surface area contributed by atoms with Gasteiger partial charge in [-0.1, -0.05) is 42.1 Å². The van der Waals surface area contributed by atoms with Crippen molar-refractivity contribution >= 4 is 28.9 Å². The summed E-state index contributed by atoms with van der Waals surface area (Å²) in [6.45, 7) is 3.97. The van der Waals surface area contributed by atoms with Crippen LogP contribution < -0.4 is 0 Å². The second-order valence-electron chi connectivity index (χ2n) is 3.95. The maximum atomic E-state index is 12.3. The van der Waals surface area contributed by atoms with Crippen LogP contribution in [0, 0.1) is 0 Å². The summed E-state index contributed by atoms with van der Waals surface area (Å²) in [5.74, 6) is 0.0736. The Morgan fingerprint density at radius 2 is 2.06 bits per heavy atom. The van der Waals surface area contributed by atoms with Gasteiger partial charge in [-0.25, -0.2) is 0 Å². The lowest BCUT2D eigenvalue weighted by atomic mass is 10.0. The zero-order valence-electron chi connectivity index (χ0n) is 9.48. The molecule has 1 aromatic heterocycles. The number of ketones is 1. The molecule has 0 radical (unpaired) electrons. The number of hydrogen-bond acceptors (Lipinski definition) is 4. The highest BCUT2D eigenvalue weighted by molar-refractivity contribution is 7.08. The van der Waals surface area contributed by atoms with Gasteiger partial charge in [0.25, 0.3) is 0 Å². The molecule has 0 unspecified atom stereocenters. The van der Waals surface area contributed by atoms with E-state index in [2.05, 4.69) is 9.59 Å². The van der Waals surface area contributed by atoms with Crippen molar-refractivity contribution < 1.29 is 4.79 Å². The molecule has 0 aliphatic heterocycles. The number of aromatic nitrogens is 2. The molecule has 0 aliphatic rings. The number of carbonyl (C=O) groups excluding carboxylic acids is 1. The molecule has 1 aromatic carbocycles. The molecule has 0 amide bonds. The molecule has 0 saturated heterocycles. The first-order valence-electron chi connectivity index (χ1n) is 5.22. The predicted octanol–water partition coefficient (Wildman–Crippen LogP) is 3.55. The SMILES string of the molecule is CC(C)c1nnsc1C(=O)c1ccccc1Cl. The van der Waals surface area contributed by atoms with Crippen LogP contribution in [0.15, 0.2) is 24.3 Å². The van der Waals surface area contributed by atoms with E-state index < -0.39 is 0 Å². The van der Waals surface area contributed by atoms with E-state index >= 15 is 0 Å². The van der Waals surface area contributed by atoms with E-state index in [0.717, 1.165) is 17.2 Å². The normalized spacial score (nSPS) is 10.8. The predicted molar refractivity (Wildman–Crippen MR) is 68.9 cm³/mol. The lowest BCUT2D eigenvalue weighted by Crippen LogP contribution is -2.04. The summed E-state index contributed by atoms with van der Waals surface area (Å²) in [6.07, 6.45) is 0. The van der Waals surface area contributed by atoms with Gasteiger partial charge in [0.05, 0.1) is 10.7 Å². The zero-order valence-corrected chi connectivity index (χ0v) is 11.0. The highest BCUT2D eigenvalue weighted by Gasteiger charge is 2.21. The average molecular weight is 267 g/mol. The molecule has 5 heteroatoms. The van der Waals surface area contributed by atoms with Gasteiger partial charge < -0.3 is 0 Å².